The quantitative estimate of drug-likeness (QED) is 0.129. The number of pyridine rings is 1. The number of rotatable bonds is 7. The molecule has 12 heteroatoms. The highest BCUT2D eigenvalue weighted by atomic mass is 32.1. The Bertz CT molecular complexity index is 2200. The molecule has 7 rings (SSSR count). The molecule has 9 nitrogen and oxygen atoms in total. The molecule has 0 saturated carbocycles. The number of carbonyl (C=O) groups is 1. The summed E-state index contributed by atoms with van der Waals surface area (Å²) in [6, 6.07) is 11.4. The van der Waals surface area contributed by atoms with Gasteiger partial charge in [-0.1, -0.05) is 20.9 Å². The van der Waals surface area contributed by atoms with Crippen molar-refractivity contribution in [2.45, 2.75) is 34.4 Å². The first-order chi connectivity index (χ1) is 22.3. The molecule has 2 aromatic carbocycles. The molecule has 0 N–H and O–H groups in total. The number of terminal acetylenes is 1. The van der Waals surface area contributed by atoms with Crippen molar-refractivity contribution in [2.75, 3.05) is 26.9 Å². The molecule has 0 unspecified atom stereocenters. The lowest BCUT2D eigenvalue weighted by Crippen LogP contribution is -2.40. The van der Waals surface area contributed by atoms with Crippen LogP contribution in [0.1, 0.15) is 33.5 Å². The summed E-state index contributed by atoms with van der Waals surface area (Å²) >= 11 is 1.42. The molecule has 1 aliphatic heterocycles. The molecule has 0 radical (unpaired) electrons. The van der Waals surface area contributed by atoms with E-state index in [1.54, 1.807) is 15.8 Å². The fraction of sp³-hybridized carbons (Fsp3) is 0.278. The SMILES string of the molecule is C.C.C#CC(=O)N1CCn2nc(-c3nc(-c4ccc5c(cnn5C)c4)c4ccsc4c3-c3c(F)cc(F)cc3OCCOC)cc2[C@H]1C. The van der Waals surface area contributed by atoms with Gasteiger partial charge in [0.05, 0.1) is 47.9 Å². The number of hydrogen-bond donors (Lipinski definition) is 0. The summed E-state index contributed by atoms with van der Waals surface area (Å²) in [5.41, 5.74) is 4.61. The van der Waals surface area contributed by atoms with Gasteiger partial charge < -0.3 is 14.4 Å². The first-order valence-electron chi connectivity index (χ1n) is 14.6. The summed E-state index contributed by atoms with van der Waals surface area (Å²) in [6.07, 6.45) is 7.24. The number of amides is 1. The van der Waals surface area contributed by atoms with Crippen LogP contribution >= 0.6 is 11.3 Å². The van der Waals surface area contributed by atoms with Crippen LogP contribution in [0.4, 0.5) is 8.78 Å². The lowest BCUT2D eigenvalue weighted by atomic mass is 9.96. The predicted octanol–water partition coefficient (Wildman–Crippen LogP) is 7.49. The number of aromatic nitrogens is 5. The maximum absolute atomic E-state index is 16.0. The third kappa shape index (κ3) is 5.69. The zero-order valence-corrected chi connectivity index (χ0v) is 26.1. The predicted molar refractivity (Wildman–Crippen MR) is 186 cm³/mol. The molecule has 0 aliphatic carbocycles. The first-order valence-corrected chi connectivity index (χ1v) is 15.5. The van der Waals surface area contributed by atoms with Gasteiger partial charge in [-0.15, -0.1) is 17.8 Å². The van der Waals surface area contributed by atoms with Gasteiger partial charge in [0.25, 0.3) is 5.91 Å². The van der Waals surface area contributed by atoms with E-state index in [1.807, 2.05) is 54.4 Å². The number of methoxy groups -OCH3 is 1. The van der Waals surface area contributed by atoms with Crippen molar-refractivity contribution in [3.8, 4) is 51.9 Å². The van der Waals surface area contributed by atoms with Crippen LogP contribution in [0.25, 0.3) is 54.8 Å². The van der Waals surface area contributed by atoms with E-state index in [0.717, 1.165) is 38.3 Å². The number of nitrogens with zero attached hydrogens (tertiary/aromatic N) is 6. The zero-order valence-electron chi connectivity index (χ0n) is 25.3. The number of halogens is 2. The number of thiophene rings is 1. The Morgan fingerprint density at radius 1 is 1.08 bits per heavy atom. The van der Waals surface area contributed by atoms with Crippen LogP contribution in [0.2, 0.25) is 0 Å². The maximum atomic E-state index is 16.0. The van der Waals surface area contributed by atoms with Gasteiger partial charge in [0.15, 0.2) is 0 Å². The van der Waals surface area contributed by atoms with Crippen molar-refractivity contribution in [2.24, 2.45) is 7.05 Å². The molecule has 1 amide bonds. The van der Waals surface area contributed by atoms with Crippen molar-refractivity contribution in [1.29, 1.82) is 0 Å². The second-order valence-corrected chi connectivity index (χ2v) is 11.9. The fourth-order valence-electron chi connectivity index (χ4n) is 6.09. The standard InChI is InChI=1S/C34H28F2N6O3S.2CH4/c1-5-29(43)41-9-10-42-27(19(41)2)17-25(39-42)33-31(30-24(36)15-22(35)16-28(30)45-12-11-44-4)34-23(8-13-46-34)32(38-33)20-6-7-26-21(14-20)18-37-40(26)3;;/h1,6-8,13-19H,9-12H2,2-4H3;2*1H4/t19-;;/m1../s1. The van der Waals surface area contributed by atoms with E-state index in [-0.39, 0.29) is 45.4 Å². The van der Waals surface area contributed by atoms with Crippen molar-refractivity contribution in [3.63, 3.8) is 0 Å². The first kappa shape index (κ1) is 34.2. The minimum absolute atomic E-state index is 0. The van der Waals surface area contributed by atoms with Gasteiger partial charge in [0.1, 0.15) is 35.4 Å². The second-order valence-electron chi connectivity index (χ2n) is 11.0. The Balaban J connectivity index is 0.00000225. The second kappa shape index (κ2) is 13.5. The van der Waals surface area contributed by atoms with Gasteiger partial charge in [-0.2, -0.15) is 10.2 Å². The van der Waals surface area contributed by atoms with Crippen LogP contribution in [0.5, 0.6) is 5.75 Å². The van der Waals surface area contributed by atoms with Crippen LogP contribution in [0.3, 0.4) is 0 Å². The number of fused-ring (bicyclic) bond motifs is 3. The van der Waals surface area contributed by atoms with Crippen molar-refractivity contribution >= 4 is 38.2 Å². The minimum Gasteiger partial charge on any atom is -0.490 e. The largest absolute Gasteiger partial charge is 0.490 e. The van der Waals surface area contributed by atoms with E-state index >= 15 is 4.39 Å². The lowest BCUT2D eigenvalue weighted by molar-refractivity contribution is -0.128. The molecule has 0 saturated heterocycles. The molecule has 0 spiro atoms. The van der Waals surface area contributed by atoms with Crippen molar-refractivity contribution in [1.82, 2.24) is 29.4 Å². The van der Waals surface area contributed by atoms with E-state index in [0.29, 0.717) is 35.7 Å². The van der Waals surface area contributed by atoms with E-state index < -0.39 is 17.5 Å². The Morgan fingerprint density at radius 3 is 2.67 bits per heavy atom. The molecule has 1 aliphatic rings. The van der Waals surface area contributed by atoms with E-state index in [9.17, 15) is 9.18 Å². The molecule has 48 heavy (non-hydrogen) atoms. The monoisotopic (exact) mass is 670 g/mol. The number of aryl methyl sites for hydroxylation is 1. The summed E-state index contributed by atoms with van der Waals surface area (Å²) in [5.74, 6) is 0.269. The average molecular weight is 671 g/mol. The van der Waals surface area contributed by atoms with Crippen LogP contribution in [0.15, 0.2) is 54.0 Å². The Labute approximate surface area is 281 Å². The highest BCUT2D eigenvalue weighted by Gasteiger charge is 2.31. The lowest BCUT2D eigenvalue weighted by Gasteiger charge is -2.32. The number of hydrogen-bond acceptors (Lipinski definition) is 7. The molecule has 1 atom stereocenters. The summed E-state index contributed by atoms with van der Waals surface area (Å²) in [5, 5.41) is 12.9. The number of ether oxygens (including phenoxy) is 2. The molecule has 5 heterocycles. The van der Waals surface area contributed by atoms with Gasteiger partial charge >= 0.3 is 0 Å². The van der Waals surface area contributed by atoms with Crippen molar-refractivity contribution in [3.05, 3.63) is 71.4 Å². The highest BCUT2D eigenvalue weighted by Crippen LogP contribution is 2.47. The third-order valence-corrected chi connectivity index (χ3v) is 9.26. The zero-order chi connectivity index (χ0) is 32.1. The van der Waals surface area contributed by atoms with Gasteiger partial charge in [-0.3, -0.25) is 14.2 Å². The van der Waals surface area contributed by atoms with E-state index in [4.69, 9.17) is 26.0 Å². The molecule has 0 bridgehead atoms. The highest BCUT2D eigenvalue weighted by molar-refractivity contribution is 7.18. The smallest absolute Gasteiger partial charge is 0.298 e. The minimum atomic E-state index is -0.794. The molecular formula is C36H36F2N6O3S. The summed E-state index contributed by atoms with van der Waals surface area (Å²) in [4.78, 5) is 19.3. The van der Waals surface area contributed by atoms with Gasteiger partial charge in [-0.25, -0.2) is 13.8 Å². The van der Waals surface area contributed by atoms with Crippen LogP contribution in [-0.4, -0.2) is 62.2 Å². The summed E-state index contributed by atoms with van der Waals surface area (Å²) in [6.45, 7) is 3.01. The Kier molecular flexibility index (Phi) is 9.66. The van der Waals surface area contributed by atoms with Gasteiger partial charge in [0.2, 0.25) is 0 Å². The van der Waals surface area contributed by atoms with Crippen LogP contribution in [-0.2, 0) is 23.1 Å². The molecule has 248 valence electrons. The van der Waals surface area contributed by atoms with E-state index in [1.165, 1.54) is 24.5 Å². The molecule has 4 aromatic heterocycles. The Hall–Kier alpha value is -5.12. The van der Waals surface area contributed by atoms with Gasteiger partial charge in [-0.05, 0) is 42.5 Å². The number of benzene rings is 2. The third-order valence-electron chi connectivity index (χ3n) is 8.33. The Morgan fingerprint density at radius 2 is 1.90 bits per heavy atom. The van der Waals surface area contributed by atoms with Gasteiger partial charge in [0, 0.05) is 59.4 Å². The van der Waals surface area contributed by atoms with Crippen LogP contribution < -0.4 is 4.74 Å². The topological polar surface area (TPSA) is 87.3 Å². The van der Waals surface area contributed by atoms with E-state index in [2.05, 4.69) is 11.0 Å². The number of carbonyl (C=O) groups excluding carboxylic acids is 1. The molecular weight excluding hydrogens is 634 g/mol. The summed E-state index contributed by atoms with van der Waals surface area (Å²) < 4.78 is 46.0. The normalized spacial score (nSPS) is 13.9. The fourth-order valence-corrected chi connectivity index (χ4v) is 7.04. The maximum Gasteiger partial charge on any atom is 0.298 e. The summed E-state index contributed by atoms with van der Waals surface area (Å²) in [7, 11) is 3.41. The molecule has 6 aromatic rings. The molecule has 0 fully saturated rings. The van der Waals surface area contributed by atoms with Crippen molar-refractivity contribution < 1.29 is 23.0 Å². The average Bonchev–Trinajstić information content (AvgIpc) is 3.79. The van der Waals surface area contributed by atoms with Crippen LogP contribution in [0, 0.1) is 24.0 Å².